The van der Waals surface area contributed by atoms with E-state index in [1.54, 1.807) is 0 Å². The molecule has 0 aliphatic carbocycles. The summed E-state index contributed by atoms with van der Waals surface area (Å²) in [6, 6.07) is 20.9. The second-order valence-corrected chi connectivity index (χ2v) is 23.5. The molecule has 0 fully saturated rings. The average Bonchev–Trinajstić information content (AvgIpc) is 3.92. The van der Waals surface area contributed by atoms with E-state index in [0.717, 1.165) is 77.6 Å². The van der Waals surface area contributed by atoms with Crippen molar-refractivity contribution in [1.82, 2.24) is 15.0 Å². The average molecular weight is 1130 g/mol. The Hall–Kier alpha value is -6.34. The van der Waals surface area contributed by atoms with Crippen molar-refractivity contribution in [3.63, 3.8) is 0 Å². The van der Waals surface area contributed by atoms with Crippen LogP contribution in [0.25, 0.3) is 41.0 Å². The van der Waals surface area contributed by atoms with E-state index in [1.165, 1.54) is 65.8 Å². The molecule has 33 heteroatoms. The summed E-state index contributed by atoms with van der Waals surface area (Å²) in [5.41, 5.74) is 10.8. The van der Waals surface area contributed by atoms with Gasteiger partial charge < -0.3 is 10.9 Å². The molecule has 0 unspecified atom stereocenters. The van der Waals surface area contributed by atoms with Gasteiger partial charge in [0, 0.05) is 29.6 Å². The molecule has 7 aromatic rings. The molecule has 73 heavy (non-hydrogen) atoms. The van der Waals surface area contributed by atoms with Gasteiger partial charge in [-0.1, -0.05) is 48.6 Å². The molecule has 0 saturated heterocycles. The Morgan fingerprint density at radius 1 is 0.397 bits per heavy atom. The standard InChI is InChI=1S/C40H32N8O18S6.Na/c49-67(50,51)31-13-15-33-35(21-31)45-47(43-33)29-11-7-25(39(19-29)71(61,62)63)3-1-23-5-9-27(17-37(23)69(55,56)57)41-42-28-10-6-24(38(18-28)70(58,59)60)2-4-26-8-12-30(20-40(26)72(64,65)66)48-44-34-16-14-32(68(52,53)54)22-36(34)46-48;/h1-22,41-43,45H,(H,49,50,51)(H,52,53,54)(H,55,56,57)(H,58,59,60)(H,61,62,63)(H,64,65,66);/b3-1+,4-2+;. The number of rotatable bonds is 15. The molecule has 6 aromatic carbocycles. The molecule has 1 radical (unpaired) electrons. The second-order valence-electron chi connectivity index (χ2n) is 15.1. The first kappa shape index (κ1) is 54.4. The van der Waals surface area contributed by atoms with Gasteiger partial charge >= 0.3 is 0 Å². The first-order valence-electron chi connectivity index (χ1n) is 19.6. The van der Waals surface area contributed by atoms with Crippen molar-refractivity contribution in [1.29, 1.82) is 0 Å². The first-order valence-corrected chi connectivity index (χ1v) is 28.2. The molecule has 377 valence electrons. The molecule has 1 aliphatic heterocycles. The molecule has 0 atom stereocenters. The van der Waals surface area contributed by atoms with Crippen LogP contribution < -0.4 is 26.8 Å². The summed E-state index contributed by atoms with van der Waals surface area (Å²) in [7, 11) is -29.1. The van der Waals surface area contributed by atoms with Crippen molar-refractivity contribution in [2.75, 3.05) is 26.8 Å². The number of benzene rings is 6. The van der Waals surface area contributed by atoms with Crippen LogP contribution in [-0.4, -0.2) is 122 Å². The first-order chi connectivity index (χ1) is 33.4. The Bertz CT molecular complexity index is 4200. The molecule has 0 amide bonds. The van der Waals surface area contributed by atoms with Crippen LogP contribution >= 0.6 is 0 Å². The van der Waals surface area contributed by atoms with Gasteiger partial charge in [-0.05, 0) is 107 Å². The zero-order valence-corrected chi connectivity index (χ0v) is 43.4. The van der Waals surface area contributed by atoms with E-state index in [-0.39, 0.29) is 91.3 Å². The predicted molar refractivity (Wildman–Crippen MR) is 264 cm³/mol. The SMILES string of the molecule is O=S(=O)(O)c1ccc2c(c1)NN(c1ccc(/C=C/c3ccc(NNc4ccc(/C=C/c5ccc(-n6nc7ccc(S(=O)(=O)O)cc7n6)cc5S(=O)(=O)O)c(S(=O)(=O)O)c4)cc3S(=O)(=O)O)c(S(=O)(=O)O)c1)N2.[Na]. The summed E-state index contributed by atoms with van der Waals surface area (Å²) >= 11 is 0. The van der Waals surface area contributed by atoms with E-state index in [0.29, 0.717) is 5.69 Å². The number of anilines is 5. The van der Waals surface area contributed by atoms with Gasteiger partial charge in [-0.3, -0.25) is 38.2 Å². The number of hydrazine groups is 3. The van der Waals surface area contributed by atoms with Gasteiger partial charge in [0.2, 0.25) is 0 Å². The van der Waals surface area contributed by atoms with Crippen LogP contribution in [0.2, 0.25) is 0 Å². The zero-order valence-electron chi connectivity index (χ0n) is 36.5. The Labute approximate surface area is 436 Å². The van der Waals surface area contributed by atoms with Crippen LogP contribution in [0.5, 0.6) is 0 Å². The third-order valence-corrected chi connectivity index (χ3v) is 15.6. The molecule has 0 saturated carbocycles. The van der Waals surface area contributed by atoms with Crippen LogP contribution in [0.3, 0.4) is 0 Å². The van der Waals surface area contributed by atoms with Gasteiger partial charge in [0.1, 0.15) is 30.6 Å². The predicted octanol–water partition coefficient (Wildman–Crippen LogP) is 4.47. The third-order valence-electron chi connectivity index (χ3n) is 10.3. The number of hydrogen-bond donors (Lipinski definition) is 10. The van der Waals surface area contributed by atoms with Crippen molar-refractivity contribution < 1.29 is 77.8 Å². The summed E-state index contributed by atoms with van der Waals surface area (Å²) in [5.74, 6) is 0. The normalized spacial score (nSPS) is 13.4. The van der Waals surface area contributed by atoms with Crippen molar-refractivity contribution >= 4 is 154 Å². The number of hydrogen-bond acceptors (Lipinski definition) is 19. The van der Waals surface area contributed by atoms with Crippen LogP contribution in [0.4, 0.5) is 28.4 Å². The topological polar surface area (TPSA) is 408 Å². The minimum absolute atomic E-state index is 0. The van der Waals surface area contributed by atoms with E-state index in [4.69, 9.17) is 0 Å². The van der Waals surface area contributed by atoms with Crippen LogP contribution in [0.15, 0.2) is 139 Å². The van der Waals surface area contributed by atoms with Gasteiger partial charge in [-0.25, -0.2) is 0 Å². The molecule has 26 nitrogen and oxygen atoms in total. The molecular weight excluding hydrogens is 1100 g/mol. The van der Waals surface area contributed by atoms with Crippen LogP contribution in [0.1, 0.15) is 22.3 Å². The fourth-order valence-electron chi connectivity index (χ4n) is 6.92. The molecule has 1 aliphatic rings. The third kappa shape index (κ3) is 12.4. The zero-order chi connectivity index (χ0) is 52.3. The quantitative estimate of drug-likeness (QED) is 0.0293. The number of nitrogens with zero attached hydrogens (tertiary/aromatic N) is 4. The van der Waals surface area contributed by atoms with E-state index >= 15 is 0 Å². The van der Waals surface area contributed by atoms with Crippen molar-refractivity contribution in [3.05, 3.63) is 131 Å². The van der Waals surface area contributed by atoms with E-state index < -0.39 is 90.1 Å². The Morgan fingerprint density at radius 2 is 0.781 bits per heavy atom. The van der Waals surface area contributed by atoms with E-state index in [1.807, 2.05) is 0 Å². The van der Waals surface area contributed by atoms with Crippen molar-refractivity contribution in [2.45, 2.75) is 29.4 Å². The smallest absolute Gasteiger partial charge is 0.295 e. The maximum Gasteiger partial charge on any atom is 0.295 e. The maximum atomic E-state index is 12.6. The molecule has 2 heterocycles. The monoisotopic (exact) mass is 1130 g/mol. The molecule has 0 bridgehead atoms. The fourth-order valence-corrected chi connectivity index (χ4v) is 10.8. The van der Waals surface area contributed by atoms with Crippen molar-refractivity contribution in [2.24, 2.45) is 0 Å². The number of nitrogens with one attached hydrogen (secondary N) is 4. The minimum atomic E-state index is -5.01. The second kappa shape index (κ2) is 19.8. The summed E-state index contributed by atoms with van der Waals surface area (Å²) in [6.07, 6.45) is 4.45. The summed E-state index contributed by atoms with van der Waals surface area (Å²) in [5, 5.41) is 9.43. The van der Waals surface area contributed by atoms with Gasteiger partial charge in [0.05, 0.1) is 43.9 Å². The van der Waals surface area contributed by atoms with Crippen molar-refractivity contribution in [3.8, 4) is 5.69 Å². The molecule has 1 aromatic heterocycles. The number of aromatic nitrogens is 3. The number of fused-ring (bicyclic) bond motifs is 2. The van der Waals surface area contributed by atoms with E-state index in [9.17, 15) is 77.8 Å². The summed E-state index contributed by atoms with van der Waals surface area (Å²) < 4.78 is 206. The van der Waals surface area contributed by atoms with E-state index in [2.05, 4.69) is 31.9 Å². The summed E-state index contributed by atoms with van der Waals surface area (Å²) in [4.78, 5) is -2.74. The Balaban J connectivity index is 0.00000780. The fraction of sp³-hybridized carbons (Fsp3) is 0. The minimum Gasteiger partial charge on any atom is -0.301 e. The maximum absolute atomic E-state index is 12.6. The largest absolute Gasteiger partial charge is 0.301 e. The van der Waals surface area contributed by atoms with Gasteiger partial charge in [0.15, 0.2) is 0 Å². The molecule has 8 rings (SSSR count). The van der Waals surface area contributed by atoms with Gasteiger partial charge in [-0.2, -0.15) is 60.4 Å². The Kier molecular flexibility index (Phi) is 14.8. The van der Waals surface area contributed by atoms with Gasteiger partial charge in [-0.15, -0.1) is 10.2 Å². The van der Waals surface area contributed by atoms with Crippen LogP contribution in [0, 0.1) is 0 Å². The van der Waals surface area contributed by atoms with Crippen LogP contribution in [-0.2, 0) is 60.7 Å². The molecule has 0 spiro atoms. The Morgan fingerprint density at radius 3 is 1.25 bits per heavy atom. The molecule has 10 N–H and O–H groups in total. The molecular formula is C40H32N8NaO18S6. The van der Waals surface area contributed by atoms with Gasteiger partial charge in [0.25, 0.3) is 60.7 Å². The summed E-state index contributed by atoms with van der Waals surface area (Å²) in [6.45, 7) is 0.